The van der Waals surface area contributed by atoms with E-state index >= 15 is 0 Å². The molecule has 0 bridgehead atoms. The predicted octanol–water partition coefficient (Wildman–Crippen LogP) is 3.72. The smallest absolute Gasteiger partial charge is 0.292 e. The van der Waals surface area contributed by atoms with Crippen LogP contribution in [0.1, 0.15) is 40.5 Å². The summed E-state index contributed by atoms with van der Waals surface area (Å²) in [6.45, 7) is 9.58. The fourth-order valence-corrected chi connectivity index (χ4v) is 1.42. The molecule has 2 heteroatoms. The Morgan fingerprint density at radius 1 is 0.923 bits per heavy atom. The summed E-state index contributed by atoms with van der Waals surface area (Å²) in [6.07, 6.45) is 5.02. The fourth-order valence-electron chi connectivity index (χ4n) is 1.42. The Labute approximate surface area is 84.4 Å². The average Bonchev–Trinajstić information content (AvgIpc) is 2.04. The molecule has 0 radical (unpaired) electrons. The Morgan fingerprint density at radius 3 is 1.54 bits per heavy atom. The second-order valence-electron chi connectivity index (χ2n) is 4.80. The third kappa shape index (κ3) is 8.36. The highest BCUT2D eigenvalue weighted by molar-refractivity contribution is 6.51. The van der Waals surface area contributed by atoms with Crippen molar-refractivity contribution >= 4 is 6.92 Å². The summed E-state index contributed by atoms with van der Waals surface area (Å²) in [5.41, 5.74) is 0. The third-order valence-electron chi connectivity index (χ3n) is 2.47. The summed E-state index contributed by atoms with van der Waals surface area (Å²) in [5, 5.41) is 0. The summed E-state index contributed by atoms with van der Waals surface area (Å²) >= 11 is 0. The molecule has 0 atom stereocenters. The Hall–Kier alpha value is 0.0249. The fraction of sp³-hybridized carbons (Fsp3) is 1.00. The molecular weight excluding hydrogens is 159 g/mol. The second kappa shape index (κ2) is 7.43. The van der Waals surface area contributed by atoms with Crippen molar-refractivity contribution < 1.29 is 4.65 Å². The van der Waals surface area contributed by atoms with E-state index in [1.54, 1.807) is 0 Å². The number of rotatable bonds is 7. The molecule has 0 saturated carbocycles. The third-order valence-corrected chi connectivity index (χ3v) is 2.47. The lowest BCUT2D eigenvalue weighted by Gasteiger charge is -2.13. The highest BCUT2D eigenvalue weighted by Crippen LogP contribution is 2.15. The molecule has 0 aromatic heterocycles. The van der Waals surface area contributed by atoms with Gasteiger partial charge in [0.2, 0.25) is 0 Å². The van der Waals surface area contributed by atoms with Gasteiger partial charge in [-0.15, -0.1) is 0 Å². The molecule has 0 aliphatic heterocycles. The van der Waals surface area contributed by atoms with Gasteiger partial charge in [0.15, 0.2) is 0 Å². The molecule has 0 aromatic rings. The first kappa shape index (κ1) is 13.0. The largest absolute Gasteiger partial charge is 0.439 e. The zero-order valence-corrected chi connectivity index (χ0v) is 9.97. The zero-order valence-electron chi connectivity index (χ0n) is 9.97. The van der Waals surface area contributed by atoms with Gasteiger partial charge < -0.3 is 4.65 Å². The first-order valence-electron chi connectivity index (χ1n) is 5.59. The van der Waals surface area contributed by atoms with Gasteiger partial charge in [0.05, 0.1) is 0 Å². The molecule has 0 aromatic carbocycles. The van der Waals surface area contributed by atoms with Crippen molar-refractivity contribution in [2.75, 3.05) is 7.11 Å². The number of hydrogen-bond donors (Lipinski definition) is 0. The molecule has 0 aliphatic rings. The molecule has 0 heterocycles. The first-order valence-corrected chi connectivity index (χ1v) is 5.59. The van der Waals surface area contributed by atoms with Gasteiger partial charge in [-0.25, -0.2) is 0 Å². The molecule has 13 heavy (non-hydrogen) atoms. The van der Waals surface area contributed by atoms with Crippen molar-refractivity contribution in [1.82, 2.24) is 0 Å². The van der Waals surface area contributed by atoms with Crippen molar-refractivity contribution in [3.63, 3.8) is 0 Å². The minimum Gasteiger partial charge on any atom is -0.439 e. The van der Waals surface area contributed by atoms with Crippen LogP contribution in [-0.2, 0) is 4.65 Å². The molecule has 0 unspecified atom stereocenters. The van der Waals surface area contributed by atoms with Gasteiger partial charge in [-0.3, -0.25) is 0 Å². The molecule has 0 rings (SSSR count). The molecule has 0 spiro atoms. The van der Waals surface area contributed by atoms with Crippen LogP contribution in [0.25, 0.3) is 0 Å². The molecule has 1 nitrogen and oxygen atoms in total. The van der Waals surface area contributed by atoms with E-state index in [1.807, 2.05) is 7.11 Å². The van der Waals surface area contributed by atoms with Gasteiger partial charge in [0, 0.05) is 7.11 Å². The molecule has 0 fully saturated rings. The highest BCUT2D eigenvalue weighted by Gasteiger charge is 2.14. The Balaban J connectivity index is 3.51. The Morgan fingerprint density at radius 2 is 1.31 bits per heavy atom. The molecular formula is C11H25BO. The van der Waals surface area contributed by atoms with Crippen molar-refractivity contribution in [2.45, 2.75) is 53.2 Å². The summed E-state index contributed by atoms with van der Waals surface area (Å²) in [7, 11) is 1.84. The van der Waals surface area contributed by atoms with Crippen molar-refractivity contribution in [3.05, 3.63) is 0 Å². The van der Waals surface area contributed by atoms with Gasteiger partial charge in [0.25, 0.3) is 6.92 Å². The molecule has 0 N–H and O–H groups in total. The van der Waals surface area contributed by atoms with Crippen molar-refractivity contribution in [2.24, 2.45) is 11.8 Å². The maximum absolute atomic E-state index is 5.45. The minimum atomic E-state index is 0.491. The summed E-state index contributed by atoms with van der Waals surface area (Å²) < 4.78 is 5.45. The standard InChI is InChI=1S/C11H25BO/c1-10(2)6-8-12(13-5)9-7-11(3)4/h10-11H,6-9H2,1-5H3. The van der Waals surface area contributed by atoms with Gasteiger partial charge >= 0.3 is 0 Å². The van der Waals surface area contributed by atoms with Crippen LogP contribution in [0.2, 0.25) is 12.6 Å². The van der Waals surface area contributed by atoms with Crippen LogP contribution in [0.3, 0.4) is 0 Å². The van der Waals surface area contributed by atoms with Crippen LogP contribution in [0.4, 0.5) is 0 Å². The maximum Gasteiger partial charge on any atom is 0.292 e. The SMILES string of the molecule is COB(CCC(C)C)CCC(C)C. The van der Waals surface area contributed by atoms with Crippen molar-refractivity contribution in [3.8, 4) is 0 Å². The van der Waals surface area contributed by atoms with E-state index in [1.165, 1.54) is 25.5 Å². The van der Waals surface area contributed by atoms with E-state index in [9.17, 15) is 0 Å². The monoisotopic (exact) mass is 184 g/mol. The molecule has 78 valence electrons. The molecule has 0 aliphatic carbocycles. The number of hydrogen-bond acceptors (Lipinski definition) is 1. The van der Waals surface area contributed by atoms with Crippen LogP contribution < -0.4 is 0 Å². The van der Waals surface area contributed by atoms with Crippen LogP contribution in [-0.4, -0.2) is 14.0 Å². The maximum atomic E-state index is 5.45. The van der Waals surface area contributed by atoms with Gasteiger partial charge in [-0.2, -0.15) is 0 Å². The van der Waals surface area contributed by atoms with Crippen LogP contribution in [0.15, 0.2) is 0 Å². The normalized spacial score (nSPS) is 11.3. The lowest BCUT2D eigenvalue weighted by Crippen LogP contribution is -2.16. The lowest BCUT2D eigenvalue weighted by molar-refractivity contribution is 0.406. The van der Waals surface area contributed by atoms with Crippen LogP contribution >= 0.6 is 0 Å². The van der Waals surface area contributed by atoms with E-state index < -0.39 is 0 Å². The Kier molecular flexibility index (Phi) is 7.45. The van der Waals surface area contributed by atoms with Crippen molar-refractivity contribution in [1.29, 1.82) is 0 Å². The van der Waals surface area contributed by atoms with Gasteiger partial charge in [-0.1, -0.05) is 40.5 Å². The minimum absolute atomic E-state index is 0.491. The lowest BCUT2D eigenvalue weighted by atomic mass is 9.58. The van der Waals surface area contributed by atoms with E-state index in [-0.39, 0.29) is 0 Å². The van der Waals surface area contributed by atoms with E-state index in [0.717, 1.165) is 11.8 Å². The average molecular weight is 184 g/mol. The van der Waals surface area contributed by atoms with E-state index in [2.05, 4.69) is 27.7 Å². The van der Waals surface area contributed by atoms with Crippen LogP contribution in [0.5, 0.6) is 0 Å². The first-order chi connectivity index (χ1) is 6.06. The van der Waals surface area contributed by atoms with E-state index in [4.69, 9.17) is 4.65 Å². The summed E-state index contributed by atoms with van der Waals surface area (Å²) in [5.74, 6) is 1.60. The predicted molar refractivity (Wildman–Crippen MR) is 61.3 cm³/mol. The van der Waals surface area contributed by atoms with E-state index in [0.29, 0.717) is 6.92 Å². The molecule has 0 saturated heterocycles. The summed E-state index contributed by atoms with van der Waals surface area (Å²) in [6, 6.07) is 0. The second-order valence-corrected chi connectivity index (χ2v) is 4.80. The molecule has 0 amide bonds. The zero-order chi connectivity index (χ0) is 10.3. The summed E-state index contributed by atoms with van der Waals surface area (Å²) in [4.78, 5) is 0. The Bertz CT molecular complexity index is 101. The van der Waals surface area contributed by atoms with Gasteiger partial charge in [-0.05, 0) is 24.5 Å². The topological polar surface area (TPSA) is 9.23 Å². The van der Waals surface area contributed by atoms with Gasteiger partial charge in [0.1, 0.15) is 0 Å². The highest BCUT2D eigenvalue weighted by atomic mass is 16.4. The van der Waals surface area contributed by atoms with Crippen LogP contribution in [0, 0.1) is 11.8 Å². The quantitative estimate of drug-likeness (QED) is 0.548.